The Hall–Kier alpha value is -2.07. The first-order chi connectivity index (χ1) is 10.8. The second-order valence-electron chi connectivity index (χ2n) is 5.97. The fourth-order valence-electron chi connectivity index (χ4n) is 2.79. The topological polar surface area (TPSA) is 59.5 Å². The molecule has 0 radical (unpaired) electrons. The summed E-state index contributed by atoms with van der Waals surface area (Å²) < 4.78 is 5.31. The normalized spacial score (nSPS) is 14.6. The molecule has 3 rings (SSSR count). The minimum absolute atomic E-state index is 0.0270. The molecular weight excluding hydrogens is 276 g/mol. The number of carbonyl (C=O) groups is 1. The zero-order valence-electron chi connectivity index (χ0n) is 12.7. The highest BCUT2D eigenvalue weighted by Gasteiger charge is 2.25. The largest absolute Gasteiger partial charge is 0.467 e. The van der Waals surface area contributed by atoms with E-state index in [1.807, 2.05) is 23.1 Å². The first kappa shape index (κ1) is 14.9. The van der Waals surface area contributed by atoms with Crippen LogP contribution < -0.4 is 5.73 Å². The Labute approximate surface area is 130 Å². The number of furan rings is 1. The zero-order chi connectivity index (χ0) is 15.4. The van der Waals surface area contributed by atoms with Crippen molar-refractivity contribution in [2.75, 3.05) is 6.54 Å². The van der Waals surface area contributed by atoms with Crippen LogP contribution in [0.5, 0.6) is 0 Å². The van der Waals surface area contributed by atoms with E-state index in [1.165, 1.54) is 25.5 Å². The van der Waals surface area contributed by atoms with Gasteiger partial charge in [-0.3, -0.25) is 4.79 Å². The second-order valence-corrected chi connectivity index (χ2v) is 5.97. The van der Waals surface area contributed by atoms with Gasteiger partial charge in [0.25, 0.3) is 5.91 Å². The molecule has 2 aromatic rings. The minimum atomic E-state index is 0.0270. The molecule has 22 heavy (non-hydrogen) atoms. The number of benzene rings is 1. The van der Waals surface area contributed by atoms with E-state index < -0.39 is 0 Å². The second kappa shape index (κ2) is 6.79. The van der Waals surface area contributed by atoms with E-state index in [2.05, 4.69) is 12.1 Å². The maximum atomic E-state index is 12.8. The first-order valence-electron chi connectivity index (χ1n) is 7.87. The molecule has 1 amide bonds. The number of nitrogens with zero attached hydrogens (tertiary/aromatic N) is 1. The summed E-state index contributed by atoms with van der Waals surface area (Å²) in [7, 11) is 0. The highest BCUT2D eigenvalue weighted by Crippen LogP contribution is 2.28. The van der Waals surface area contributed by atoms with Crippen LogP contribution in [0.1, 0.15) is 40.9 Å². The fraction of sp³-hybridized carbons (Fsp3) is 0.389. The lowest BCUT2D eigenvalue weighted by Gasteiger charge is -2.32. The van der Waals surface area contributed by atoms with Crippen molar-refractivity contribution >= 4 is 5.91 Å². The Balaban J connectivity index is 1.75. The summed E-state index contributed by atoms with van der Waals surface area (Å²) in [6.45, 7) is 1.77. The molecule has 0 saturated heterocycles. The molecule has 0 bridgehead atoms. The average molecular weight is 298 g/mol. The van der Waals surface area contributed by atoms with Crippen molar-refractivity contribution in [3.8, 4) is 0 Å². The fourth-order valence-corrected chi connectivity index (χ4v) is 2.79. The van der Waals surface area contributed by atoms with Gasteiger partial charge in [0, 0.05) is 13.1 Å². The number of nitrogens with two attached hydrogens (primary N) is 1. The molecule has 1 heterocycles. The van der Waals surface area contributed by atoms with Crippen LogP contribution in [0.15, 0.2) is 47.1 Å². The van der Waals surface area contributed by atoms with Gasteiger partial charge in [-0.15, -0.1) is 0 Å². The number of hydrogen-bond donors (Lipinski definition) is 1. The zero-order valence-corrected chi connectivity index (χ0v) is 12.7. The summed E-state index contributed by atoms with van der Waals surface area (Å²) in [6.07, 6.45) is 5.24. The summed E-state index contributed by atoms with van der Waals surface area (Å²) in [5.74, 6) is 1.31. The summed E-state index contributed by atoms with van der Waals surface area (Å²) in [6, 6.07) is 11.9. The molecule has 0 atom stereocenters. The standard InChI is InChI=1S/C18H22N2O2/c19-10-17-9-16(13-22-17)18(21)20(12-15-7-4-8-15)11-14-5-2-1-3-6-14/h1-3,5-6,9,13,15H,4,7-8,10-12,19H2. The summed E-state index contributed by atoms with van der Waals surface area (Å²) in [5, 5.41) is 0. The lowest BCUT2D eigenvalue weighted by atomic mass is 9.85. The van der Waals surface area contributed by atoms with Crippen molar-refractivity contribution < 1.29 is 9.21 Å². The minimum Gasteiger partial charge on any atom is -0.467 e. The van der Waals surface area contributed by atoms with Gasteiger partial charge in [-0.2, -0.15) is 0 Å². The van der Waals surface area contributed by atoms with E-state index in [0.717, 1.165) is 12.1 Å². The predicted molar refractivity (Wildman–Crippen MR) is 85.1 cm³/mol. The van der Waals surface area contributed by atoms with E-state index in [9.17, 15) is 4.79 Å². The van der Waals surface area contributed by atoms with E-state index >= 15 is 0 Å². The molecule has 1 fully saturated rings. The molecule has 1 aliphatic rings. The van der Waals surface area contributed by atoms with E-state index in [4.69, 9.17) is 10.2 Å². The predicted octanol–water partition coefficient (Wildman–Crippen LogP) is 3.18. The lowest BCUT2D eigenvalue weighted by Crippen LogP contribution is -2.36. The summed E-state index contributed by atoms with van der Waals surface area (Å²) >= 11 is 0. The van der Waals surface area contributed by atoms with Crippen molar-refractivity contribution in [1.82, 2.24) is 4.90 Å². The van der Waals surface area contributed by atoms with Gasteiger partial charge in [0.15, 0.2) is 0 Å². The number of carbonyl (C=O) groups excluding carboxylic acids is 1. The molecule has 0 aliphatic heterocycles. The molecule has 0 unspecified atom stereocenters. The molecule has 2 N–H and O–H groups in total. The molecule has 4 nitrogen and oxygen atoms in total. The van der Waals surface area contributed by atoms with Crippen LogP contribution in [0.2, 0.25) is 0 Å². The number of hydrogen-bond acceptors (Lipinski definition) is 3. The van der Waals surface area contributed by atoms with Crippen LogP contribution in [-0.4, -0.2) is 17.4 Å². The van der Waals surface area contributed by atoms with Gasteiger partial charge in [-0.1, -0.05) is 36.8 Å². The third kappa shape index (κ3) is 3.39. The molecule has 0 spiro atoms. The Morgan fingerprint density at radius 2 is 2.05 bits per heavy atom. The molecular formula is C18H22N2O2. The maximum absolute atomic E-state index is 12.8. The van der Waals surface area contributed by atoms with Crippen LogP contribution >= 0.6 is 0 Å². The van der Waals surface area contributed by atoms with Crippen molar-refractivity contribution in [3.05, 3.63) is 59.5 Å². The van der Waals surface area contributed by atoms with Gasteiger partial charge in [0.1, 0.15) is 12.0 Å². The van der Waals surface area contributed by atoms with Gasteiger partial charge in [0.2, 0.25) is 0 Å². The Morgan fingerprint density at radius 3 is 2.64 bits per heavy atom. The van der Waals surface area contributed by atoms with Crippen molar-refractivity contribution in [1.29, 1.82) is 0 Å². The Morgan fingerprint density at radius 1 is 1.27 bits per heavy atom. The molecule has 1 aromatic heterocycles. The van der Waals surface area contributed by atoms with Gasteiger partial charge < -0.3 is 15.1 Å². The maximum Gasteiger partial charge on any atom is 0.257 e. The van der Waals surface area contributed by atoms with Crippen molar-refractivity contribution in [2.45, 2.75) is 32.4 Å². The lowest BCUT2D eigenvalue weighted by molar-refractivity contribution is 0.0679. The number of rotatable bonds is 6. The Kier molecular flexibility index (Phi) is 4.59. The first-order valence-corrected chi connectivity index (χ1v) is 7.87. The SMILES string of the molecule is NCc1cc(C(=O)N(Cc2ccccc2)CC2CCC2)co1. The van der Waals surface area contributed by atoms with Gasteiger partial charge >= 0.3 is 0 Å². The quantitative estimate of drug-likeness (QED) is 0.891. The molecule has 1 aromatic carbocycles. The average Bonchev–Trinajstić information content (AvgIpc) is 2.99. The van der Waals surface area contributed by atoms with E-state index in [0.29, 0.717) is 30.3 Å². The van der Waals surface area contributed by atoms with Crippen molar-refractivity contribution in [3.63, 3.8) is 0 Å². The molecule has 4 heteroatoms. The van der Waals surface area contributed by atoms with E-state index in [-0.39, 0.29) is 5.91 Å². The molecule has 1 saturated carbocycles. The summed E-state index contributed by atoms with van der Waals surface area (Å²) in [4.78, 5) is 14.7. The highest BCUT2D eigenvalue weighted by molar-refractivity contribution is 5.94. The van der Waals surface area contributed by atoms with Crippen LogP contribution in [0.4, 0.5) is 0 Å². The number of amides is 1. The molecule has 116 valence electrons. The highest BCUT2D eigenvalue weighted by atomic mass is 16.3. The van der Waals surface area contributed by atoms with Crippen LogP contribution in [0, 0.1) is 5.92 Å². The third-order valence-corrected chi connectivity index (χ3v) is 4.31. The van der Waals surface area contributed by atoms with Crippen LogP contribution in [0.25, 0.3) is 0 Å². The van der Waals surface area contributed by atoms with Gasteiger partial charge in [-0.25, -0.2) is 0 Å². The Bertz CT molecular complexity index is 617. The van der Waals surface area contributed by atoms with Gasteiger partial charge in [0.05, 0.1) is 12.1 Å². The van der Waals surface area contributed by atoms with Crippen molar-refractivity contribution in [2.24, 2.45) is 11.7 Å². The van der Waals surface area contributed by atoms with Crippen LogP contribution in [-0.2, 0) is 13.1 Å². The van der Waals surface area contributed by atoms with Gasteiger partial charge in [-0.05, 0) is 30.4 Å². The third-order valence-electron chi connectivity index (χ3n) is 4.31. The van der Waals surface area contributed by atoms with E-state index in [1.54, 1.807) is 6.07 Å². The summed E-state index contributed by atoms with van der Waals surface area (Å²) in [5.41, 5.74) is 7.30. The molecule has 1 aliphatic carbocycles. The monoisotopic (exact) mass is 298 g/mol. The van der Waals surface area contributed by atoms with Crippen LogP contribution in [0.3, 0.4) is 0 Å². The smallest absolute Gasteiger partial charge is 0.257 e.